The van der Waals surface area contributed by atoms with Crippen LogP contribution in [0.1, 0.15) is 68.4 Å². The van der Waals surface area contributed by atoms with Crippen molar-refractivity contribution in [3.05, 3.63) is 47.4 Å². The molecule has 3 nitrogen and oxygen atoms in total. The lowest BCUT2D eigenvalue weighted by atomic mass is 10.0. The van der Waals surface area contributed by atoms with Crippen LogP contribution < -0.4 is 5.73 Å². The maximum absolute atomic E-state index is 6.45. The van der Waals surface area contributed by atoms with Gasteiger partial charge in [0.1, 0.15) is 11.6 Å². The van der Waals surface area contributed by atoms with Crippen LogP contribution in [0.5, 0.6) is 0 Å². The zero-order valence-corrected chi connectivity index (χ0v) is 13.0. The van der Waals surface area contributed by atoms with E-state index in [9.17, 15) is 0 Å². The third kappa shape index (κ3) is 2.97. The maximum Gasteiger partial charge on any atom is 0.127 e. The summed E-state index contributed by atoms with van der Waals surface area (Å²) in [6.45, 7) is 5.30. The van der Waals surface area contributed by atoms with Gasteiger partial charge >= 0.3 is 0 Å². The number of nitrogens with two attached hydrogens (primary N) is 1. The summed E-state index contributed by atoms with van der Waals surface area (Å²) in [5, 5.41) is 0. The second-order valence-electron chi connectivity index (χ2n) is 6.28. The van der Waals surface area contributed by atoms with E-state index < -0.39 is 0 Å². The first kappa shape index (κ1) is 14.2. The third-order valence-corrected chi connectivity index (χ3v) is 4.38. The van der Waals surface area contributed by atoms with Gasteiger partial charge in [-0.25, -0.2) is 4.98 Å². The van der Waals surface area contributed by atoms with Gasteiger partial charge in [0.15, 0.2) is 0 Å². The first-order chi connectivity index (χ1) is 10.2. The van der Waals surface area contributed by atoms with E-state index in [0.29, 0.717) is 11.8 Å². The van der Waals surface area contributed by atoms with Gasteiger partial charge < -0.3 is 10.3 Å². The molecule has 1 saturated carbocycles. The molecular formula is C18H25N3. The minimum atomic E-state index is 0.449. The number of hydrogen-bond acceptors (Lipinski definition) is 2. The summed E-state index contributed by atoms with van der Waals surface area (Å²) in [7, 11) is 0. The number of nitrogen functional groups attached to an aromatic ring is 1. The molecule has 1 aliphatic carbocycles. The van der Waals surface area contributed by atoms with Gasteiger partial charge in [0, 0.05) is 11.8 Å². The molecule has 0 spiro atoms. The molecule has 1 heterocycles. The summed E-state index contributed by atoms with van der Waals surface area (Å²) < 4.78 is 2.24. The second-order valence-corrected chi connectivity index (χ2v) is 6.28. The number of nitrogens with zero attached hydrogens (tertiary/aromatic N) is 2. The molecule has 1 aliphatic rings. The zero-order valence-electron chi connectivity index (χ0n) is 13.0. The molecule has 1 unspecified atom stereocenters. The normalized spacial score (nSPS) is 16.1. The Bertz CT molecular complexity index is 596. The molecule has 2 aromatic rings. The van der Waals surface area contributed by atoms with Crippen LogP contribution in [0, 0.1) is 0 Å². The summed E-state index contributed by atoms with van der Waals surface area (Å²) in [4.78, 5) is 4.92. The molecule has 3 rings (SSSR count). The van der Waals surface area contributed by atoms with Crippen molar-refractivity contribution in [2.45, 2.75) is 57.9 Å². The standard InChI is InChI=1S/C18H25N3/c1-3-7-13(2)16-17(19)21(18(20-16)15-10-11-15)12-14-8-5-4-6-9-14/h4-6,8-9,13,15H,3,7,10-12,19H2,1-2H3. The molecule has 2 N–H and O–H groups in total. The Morgan fingerprint density at radius 2 is 2.00 bits per heavy atom. The van der Waals surface area contributed by atoms with Crippen molar-refractivity contribution in [1.82, 2.24) is 9.55 Å². The highest BCUT2D eigenvalue weighted by molar-refractivity contribution is 5.42. The number of anilines is 1. The molecule has 21 heavy (non-hydrogen) atoms. The number of aromatic nitrogens is 2. The lowest BCUT2D eigenvalue weighted by Crippen LogP contribution is -2.08. The van der Waals surface area contributed by atoms with Gasteiger partial charge in [-0.3, -0.25) is 0 Å². The Kier molecular flexibility index (Phi) is 4.00. The molecule has 1 aromatic heterocycles. The molecule has 1 aromatic carbocycles. The first-order valence-electron chi connectivity index (χ1n) is 8.10. The summed E-state index contributed by atoms with van der Waals surface area (Å²) in [6.07, 6.45) is 4.83. The highest BCUT2D eigenvalue weighted by atomic mass is 15.2. The summed E-state index contributed by atoms with van der Waals surface area (Å²) in [6, 6.07) is 10.5. The maximum atomic E-state index is 6.45. The topological polar surface area (TPSA) is 43.8 Å². The average molecular weight is 283 g/mol. The Morgan fingerprint density at radius 3 is 2.62 bits per heavy atom. The Balaban J connectivity index is 1.94. The quantitative estimate of drug-likeness (QED) is 0.859. The van der Waals surface area contributed by atoms with Crippen molar-refractivity contribution in [2.24, 2.45) is 0 Å². The van der Waals surface area contributed by atoms with E-state index in [1.807, 2.05) is 0 Å². The van der Waals surface area contributed by atoms with Crippen LogP contribution >= 0.6 is 0 Å². The Hall–Kier alpha value is -1.77. The fraction of sp³-hybridized carbons (Fsp3) is 0.500. The van der Waals surface area contributed by atoms with Crippen molar-refractivity contribution in [2.75, 3.05) is 5.73 Å². The van der Waals surface area contributed by atoms with Gasteiger partial charge in [-0.15, -0.1) is 0 Å². The van der Waals surface area contributed by atoms with Crippen molar-refractivity contribution >= 4 is 5.82 Å². The molecule has 0 radical (unpaired) electrons. The van der Waals surface area contributed by atoms with E-state index in [1.165, 1.54) is 30.7 Å². The van der Waals surface area contributed by atoms with E-state index in [4.69, 9.17) is 10.7 Å². The number of imidazole rings is 1. The van der Waals surface area contributed by atoms with Gasteiger partial charge in [0.25, 0.3) is 0 Å². The lowest BCUT2D eigenvalue weighted by Gasteiger charge is -2.11. The minimum Gasteiger partial charge on any atom is -0.384 e. The van der Waals surface area contributed by atoms with Crippen LogP contribution in [0.3, 0.4) is 0 Å². The fourth-order valence-electron chi connectivity index (χ4n) is 3.02. The molecule has 112 valence electrons. The number of rotatable bonds is 6. The van der Waals surface area contributed by atoms with E-state index in [2.05, 4.69) is 48.7 Å². The van der Waals surface area contributed by atoms with Crippen molar-refractivity contribution in [3.63, 3.8) is 0 Å². The van der Waals surface area contributed by atoms with E-state index in [0.717, 1.165) is 24.5 Å². The predicted octanol–water partition coefficient (Wildman–Crippen LogP) is 4.29. The van der Waals surface area contributed by atoms with Crippen LogP contribution in [0.25, 0.3) is 0 Å². The number of hydrogen-bond donors (Lipinski definition) is 1. The van der Waals surface area contributed by atoms with Gasteiger partial charge in [-0.2, -0.15) is 0 Å². The molecule has 0 amide bonds. The van der Waals surface area contributed by atoms with Crippen LogP contribution in [0.15, 0.2) is 30.3 Å². The molecule has 1 fully saturated rings. The summed E-state index contributed by atoms with van der Waals surface area (Å²) in [5.41, 5.74) is 8.85. The highest BCUT2D eigenvalue weighted by Crippen LogP contribution is 2.42. The highest BCUT2D eigenvalue weighted by Gasteiger charge is 2.31. The Morgan fingerprint density at radius 1 is 1.29 bits per heavy atom. The lowest BCUT2D eigenvalue weighted by molar-refractivity contribution is 0.650. The van der Waals surface area contributed by atoms with Crippen LogP contribution in [0.2, 0.25) is 0 Å². The molecule has 0 saturated heterocycles. The van der Waals surface area contributed by atoms with Crippen LogP contribution in [-0.4, -0.2) is 9.55 Å². The fourth-order valence-corrected chi connectivity index (χ4v) is 3.02. The van der Waals surface area contributed by atoms with Crippen LogP contribution in [-0.2, 0) is 6.54 Å². The average Bonchev–Trinajstić information content (AvgIpc) is 3.27. The molecule has 1 atom stereocenters. The minimum absolute atomic E-state index is 0.449. The van der Waals surface area contributed by atoms with E-state index >= 15 is 0 Å². The van der Waals surface area contributed by atoms with Gasteiger partial charge in [0.05, 0.1) is 12.2 Å². The van der Waals surface area contributed by atoms with Crippen molar-refractivity contribution in [3.8, 4) is 0 Å². The molecule has 0 aliphatic heterocycles. The first-order valence-corrected chi connectivity index (χ1v) is 8.10. The van der Waals surface area contributed by atoms with Gasteiger partial charge in [-0.1, -0.05) is 50.6 Å². The second kappa shape index (κ2) is 5.92. The zero-order chi connectivity index (χ0) is 14.8. The Labute approximate surface area is 127 Å². The smallest absolute Gasteiger partial charge is 0.127 e. The summed E-state index contributed by atoms with van der Waals surface area (Å²) >= 11 is 0. The van der Waals surface area contributed by atoms with Crippen molar-refractivity contribution < 1.29 is 0 Å². The third-order valence-electron chi connectivity index (χ3n) is 4.38. The van der Waals surface area contributed by atoms with E-state index in [-0.39, 0.29) is 0 Å². The molecular weight excluding hydrogens is 258 g/mol. The monoisotopic (exact) mass is 283 g/mol. The van der Waals surface area contributed by atoms with Crippen LogP contribution in [0.4, 0.5) is 5.82 Å². The number of benzene rings is 1. The van der Waals surface area contributed by atoms with E-state index in [1.54, 1.807) is 0 Å². The van der Waals surface area contributed by atoms with Gasteiger partial charge in [0.2, 0.25) is 0 Å². The van der Waals surface area contributed by atoms with Gasteiger partial charge in [-0.05, 0) is 24.8 Å². The SMILES string of the molecule is CCCC(C)c1nc(C2CC2)n(Cc2ccccc2)c1N. The molecule has 3 heteroatoms. The molecule has 0 bridgehead atoms. The largest absolute Gasteiger partial charge is 0.384 e. The van der Waals surface area contributed by atoms with Crippen molar-refractivity contribution in [1.29, 1.82) is 0 Å². The predicted molar refractivity (Wildman–Crippen MR) is 87.5 cm³/mol. The summed E-state index contributed by atoms with van der Waals surface area (Å²) in [5.74, 6) is 3.15.